The second-order valence-corrected chi connectivity index (χ2v) is 5.86. The molecule has 0 radical (unpaired) electrons. The number of amides is 2. The van der Waals surface area contributed by atoms with Crippen LogP contribution in [0.4, 0.5) is 4.79 Å². The summed E-state index contributed by atoms with van der Waals surface area (Å²) in [5.41, 5.74) is -1.01. The van der Waals surface area contributed by atoms with Crippen LogP contribution in [0.5, 0.6) is 0 Å². The van der Waals surface area contributed by atoms with E-state index in [-0.39, 0.29) is 11.4 Å². The minimum absolute atomic E-state index is 0.127. The summed E-state index contributed by atoms with van der Waals surface area (Å²) in [4.78, 5) is 25.2. The molecule has 0 aliphatic carbocycles. The van der Waals surface area contributed by atoms with Crippen molar-refractivity contribution >= 4 is 12.0 Å². The molecule has 1 fully saturated rings. The number of nitrogens with zero attached hydrogens (tertiary/aromatic N) is 1. The second-order valence-electron chi connectivity index (χ2n) is 5.86. The standard InChI is InChI=1S/C13H24N2O3/c1-5-13(6-2,10(16)17)14-11(18)15-8-7-12(3,4)9-15/h5-9H2,1-4H3,(H,14,18)(H,16,17). The van der Waals surface area contributed by atoms with Crippen LogP contribution in [0.2, 0.25) is 0 Å². The number of carboxylic acid groups (broad SMARTS) is 1. The zero-order valence-corrected chi connectivity index (χ0v) is 11.7. The van der Waals surface area contributed by atoms with Crippen LogP contribution in [0.3, 0.4) is 0 Å². The van der Waals surface area contributed by atoms with E-state index in [1.807, 2.05) is 0 Å². The van der Waals surface area contributed by atoms with Crippen LogP contribution in [0.15, 0.2) is 0 Å². The number of carbonyl (C=O) groups excluding carboxylic acids is 1. The van der Waals surface area contributed by atoms with Gasteiger partial charge in [0.05, 0.1) is 0 Å². The van der Waals surface area contributed by atoms with E-state index in [0.717, 1.165) is 6.42 Å². The molecule has 104 valence electrons. The third-order valence-electron chi connectivity index (χ3n) is 3.93. The molecule has 0 atom stereocenters. The fourth-order valence-corrected chi connectivity index (χ4v) is 2.35. The predicted molar refractivity (Wildman–Crippen MR) is 69.5 cm³/mol. The summed E-state index contributed by atoms with van der Waals surface area (Å²) in [5, 5.41) is 12.0. The van der Waals surface area contributed by atoms with Crippen molar-refractivity contribution in [1.82, 2.24) is 10.2 Å². The number of rotatable bonds is 4. The number of carboxylic acids is 1. The molecule has 0 aromatic heterocycles. The smallest absolute Gasteiger partial charge is 0.329 e. The van der Waals surface area contributed by atoms with Crippen LogP contribution in [0.1, 0.15) is 47.0 Å². The van der Waals surface area contributed by atoms with Crippen molar-refractivity contribution in [3.63, 3.8) is 0 Å². The van der Waals surface area contributed by atoms with Gasteiger partial charge in [0.15, 0.2) is 0 Å². The molecule has 18 heavy (non-hydrogen) atoms. The quantitative estimate of drug-likeness (QED) is 0.809. The molecule has 0 saturated carbocycles. The Kier molecular flexibility index (Phi) is 4.24. The maximum Gasteiger partial charge on any atom is 0.329 e. The monoisotopic (exact) mass is 256 g/mol. The van der Waals surface area contributed by atoms with Gasteiger partial charge in [0.25, 0.3) is 0 Å². The highest BCUT2D eigenvalue weighted by Gasteiger charge is 2.39. The SMILES string of the molecule is CCC(CC)(NC(=O)N1CCC(C)(C)C1)C(=O)O. The van der Waals surface area contributed by atoms with Gasteiger partial charge >= 0.3 is 12.0 Å². The van der Waals surface area contributed by atoms with Gasteiger partial charge in [0.1, 0.15) is 5.54 Å². The molecule has 0 unspecified atom stereocenters. The van der Waals surface area contributed by atoms with Crippen molar-refractivity contribution in [2.45, 2.75) is 52.5 Å². The van der Waals surface area contributed by atoms with Gasteiger partial charge in [0, 0.05) is 13.1 Å². The first-order valence-corrected chi connectivity index (χ1v) is 6.57. The van der Waals surface area contributed by atoms with Crippen molar-refractivity contribution < 1.29 is 14.7 Å². The summed E-state index contributed by atoms with van der Waals surface area (Å²) >= 11 is 0. The van der Waals surface area contributed by atoms with Gasteiger partial charge in [-0.25, -0.2) is 9.59 Å². The molecule has 1 aliphatic heterocycles. The van der Waals surface area contributed by atoms with Crippen molar-refractivity contribution in [3.8, 4) is 0 Å². The molecule has 2 amide bonds. The maximum absolute atomic E-state index is 12.1. The highest BCUT2D eigenvalue weighted by Crippen LogP contribution is 2.29. The molecule has 2 N–H and O–H groups in total. The largest absolute Gasteiger partial charge is 0.480 e. The van der Waals surface area contributed by atoms with Gasteiger partial charge in [-0.3, -0.25) is 0 Å². The van der Waals surface area contributed by atoms with Gasteiger partial charge in [-0.2, -0.15) is 0 Å². The van der Waals surface area contributed by atoms with E-state index < -0.39 is 11.5 Å². The Morgan fingerprint density at radius 1 is 1.33 bits per heavy atom. The molecule has 0 aromatic rings. The Morgan fingerprint density at radius 3 is 2.22 bits per heavy atom. The lowest BCUT2D eigenvalue weighted by atomic mass is 9.93. The van der Waals surface area contributed by atoms with Crippen LogP contribution in [0, 0.1) is 5.41 Å². The second kappa shape index (κ2) is 5.16. The Balaban J connectivity index is 2.72. The summed E-state index contributed by atoms with van der Waals surface area (Å²) < 4.78 is 0. The van der Waals surface area contributed by atoms with Gasteiger partial charge in [-0.1, -0.05) is 27.7 Å². The first-order valence-electron chi connectivity index (χ1n) is 6.57. The maximum atomic E-state index is 12.1. The molecule has 1 heterocycles. The van der Waals surface area contributed by atoms with E-state index in [0.29, 0.717) is 25.9 Å². The summed E-state index contributed by atoms with van der Waals surface area (Å²) in [6.45, 7) is 9.18. The zero-order chi connectivity index (χ0) is 14.0. The van der Waals surface area contributed by atoms with Crippen LogP contribution >= 0.6 is 0 Å². The van der Waals surface area contributed by atoms with Crippen molar-refractivity contribution in [2.24, 2.45) is 5.41 Å². The van der Waals surface area contributed by atoms with Crippen LogP contribution < -0.4 is 5.32 Å². The van der Waals surface area contributed by atoms with Crippen molar-refractivity contribution in [1.29, 1.82) is 0 Å². The number of hydrogen-bond donors (Lipinski definition) is 2. The van der Waals surface area contributed by atoms with Crippen molar-refractivity contribution in [2.75, 3.05) is 13.1 Å². The number of hydrogen-bond acceptors (Lipinski definition) is 2. The first-order chi connectivity index (χ1) is 8.26. The first kappa shape index (κ1) is 14.8. The average molecular weight is 256 g/mol. The predicted octanol–water partition coefficient (Wildman–Crippen LogP) is 2.07. The number of aliphatic carboxylic acids is 1. The van der Waals surface area contributed by atoms with Crippen LogP contribution in [-0.2, 0) is 4.79 Å². The van der Waals surface area contributed by atoms with E-state index in [2.05, 4.69) is 19.2 Å². The normalized spacial score (nSPS) is 18.8. The molecule has 5 heteroatoms. The lowest BCUT2D eigenvalue weighted by Gasteiger charge is -2.31. The number of carbonyl (C=O) groups is 2. The van der Waals surface area contributed by atoms with Gasteiger partial charge < -0.3 is 15.3 Å². The lowest BCUT2D eigenvalue weighted by molar-refractivity contribution is -0.144. The molecular weight excluding hydrogens is 232 g/mol. The minimum Gasteiger partial charge on any atom is -0.480 e. The van der Waals surface area contributed by atoms with E-state index in [9.17, 15) is 14.7 Å². The van der Waals surface area contributed by atoms with E-state index in [4.69, 9.17) is 0 Å². The Bertz CT molecular complexity index is 335. The molecule has 5 nitrogen and oxygen atoms in total. The van der Waals surface area contributed by atoms with E-state index in [1.54, 1.807) is 18.7 Å². The van der Waals surface area contributed by atoms with Crippen LogP contribution in [-0.4, -0.2) is 40.6 Å². The molecule has 1 saturated heterocycles. The van der Waals surface area contributed by atoms with Gasteiger partial charge in [0.2, 0.25) is 0 Å². The summed E-state index contributed by atoms with van der Waals surface area (Å²) in [7, 11) is 0. The number of likely N-dealkylation sites (tertiary alicyclic amines) is 1. The van der Waals surface area contributed by atoms with Gasteiger partial charge in [-0.15, -0.1) is 0 Å². The third kappa shape index (κ3) is 2.94. The summed E-state index contributed by atoms with van der Waals surface area (Å²) in [5.74, 6) is -0.959. The Hall–Kier alpha value is -1.26. The average Bonchev–Trinajstić information content (AvgIpc) is 2.66. The fourth-order valence-electron chi connectivity index (χ4n) is 2.35. The molecule has 1 aliphatic rings. The molecule has 0 bridgehead atoms. The highest BCUT2D eigenvalue weighted by atomic mass is 16.4. The third-order valence-corrected chi connectivity index (χ3v) is 3.93. The Labute approximate surface area is 109 Å². The highest BCUT2D eigenvalue weighted by molar-refractivity contribution is 5.86. The summed E-state index contributed by atoms with van der Waals surface area (Å²) in [6, 6.07) is -0.258. The fraction of sp³-hybridized carbons (Fsp3) is 0.846. The molecule has 0 spiro atoms. The lowest BCUT2D eigenvalue weighted by Crippen LogP contribution is -2.57. The number of nitrogens with one attached hydrogen (secondary N) is 1. The van der Waals surface area contributed by atoms with E-state index >= 15 is 0 Å². The summed E-state index contributed by atoms with van der Waals surface area (Å²) in [6.07, 6.45) is 1.74. The van der Waals surface area contributed by atoms with Crippen molar-refractivity contribution in [3.05, 3.63) is 0 Å². The topological polar surface area (TPSA) is 69.6 Å². The van der Waals surface area contributed by atoms with Gasteiger partial charge in [-0.05, 0) is 24.7 Å². The Morgan fingerprint density at radius 2 is 1.89 bits per heavy atom. The molecular formula is C13H24N2O3. The van der Waals surface area contributed by atoms with E-state index in [1.165, 1.54) is 0 Å². The molecule has 1 rings (SSSR count). The van der Waals surface area contributed by atoms with Crippen LogP contribution in [0.25, 0.3) is 0 Å². The zero-order valence-electron chi connectivity index (χ0n) is 11.7. The minimum atomic E-state index is -1.14. The number of urea groups is 1. The molecule has 0 aromatic carbocycles.